The third-order valence-electron chi connectivity index (χ3n) is 7.29. The number of nitrogens with zero attached hydrogens (tertiary/aromatic N) is 1. The van der Waals surface area contributed by atoms with Crippen molar-refractivity contribution >= 4 is 11.8 Å². The summed E-state index contributed by atoms with van der Waals surface area (Å²) in [6.07, 6.45) is 3.64. The molecule has 0 aliphatic heterocycles. The number of nitrogens with two attached hydrogens (primary N) is 1. The van der Waals surface area contributed by atoms with Gasteiger partial charge in [0.1, 0.15) is 6.04 Å². The molecule has 2 bridgehead atoms. The molecule has 6 atom stereocenters. The van der Waals surface area contributed by atoms with Gasteiger partial charge in [0.25, 0.3) is 0 Å². The van der Waals surface area contributed by atoms with Crippen molar-refractivity contribution in [3.05, 3.63) is 35.9 Å². The van der Waals surface area contributed by atoms with E-state index in [1.807, 2.05) is 27.7 Å². The van der Waals surface area contributed by atoms with E-state index in [0.29, 0.717) is 24.3 Å². The first-order valence-corrected chi connectivity index (χ1v) is 11.7. The molecule has 0 heterocycles. The van der Waals surface area contributed by atoms with Crippen LogP contribution in [0.4, 0.5) is 0 Å². The Labute approximate surface area is 181 Å². The molecule has 5 heteroatoms. The molecule has 5 nitrogen and oxygen atoms in total. The lowest BCUT2D eigenvalue weighted by Gasteiger charge is -2.42. The Kier molecular flexibility index (Phi) is 7.22. The van der Waals surface area contributed by atoms with Crippen molar-refractivity contribution in [1.82, 2.24) is 10.2 Å². The van der Waals surface area contributed by atoms with Gasteiger partial charge in [-0.3, -0.25) is 9.59 Å². The molecule has 2 saturated carbocycles. The Bertz CT molecular complexity index is 733. The summed E-state index contributed by atoms with van der Waals surface area (Å²) in [5.74, 6) is 1.41. The lowest BCUT2D eigenvalue weighted by Crippen LogP contribution is -2.58. The highest BCUT2D eigenvalue weighted by Gasteiger charge is 2.51. The molecular weight excluding hydrogens is 374 g/mol. The summed E-state index contributed by atoms with van der Waals surface area (Å²) in [6, 6.07) is 9.73. The minimum atomic E-state index is -0.603. The summed E-state index contributed by atoms with van der Waals surface area (Å²) in [5.41, 5.74) is 7.39. The molecule has 0 spiro atoms. The molecule has 2 amide bonds. The smallest absolute Gasteiger partial charge is 0.245 e. The second kappa shape index (κ2) is 9.51. The fourth-order valence-corrected chi connectivity index (χ4v) is 5.61. The van der Waals surface area contributed by atoms with E-state index in [-0.39, 0.29) is 29.7 Å². The van der Waals surface area contributed by atoms with Crippen molar-refractivity contribution in [2.45, 2.75) is 77.9 Å². The first-order chi connectivity index (χ1) is 14.3. The monoisotopic (exact) mass is 413 g/mol. The van der Waals surface area contributed by atoms with Gasteiger partial charge in [-0.15, -0.1) is 0 Å². The van der Waals surface area contributed by atoms with E-state index in [0.717, 1.165) is 0 Å². The van der Waals surface area contributed by atoms with Crippen LogP contribution in [0, 0.1) is 23.7 Å². The van der Waals surface area contributed by atoms with Crippen LogP contribution < -0.4 is 11.1 Å². The van der Waals surface area contributed by atoms with Gasteiger partial charge >= 0.3 is 0 Å². The molecule has 0 saturated heterocycles. The molecule has 0 aromatic heterocycles. The number of hydrogen-bond acceptors (Lipinski definition) is 3. The third kappa shape index (κ3) is 4.41. The van der Waals surface area contributed by atoms with Gasteiger partial charge in [-0.1, -0.05) is 58.0 Å². The SMILES string of the molecule is CCN(C(=O)[C@@H](NC(=O)[C@@H](N)C(C)C)C(C)C)C1C(c2ccccc2)C2CC[C@@H]1C2. The molecule has 3 N–H and O–H groups in total. The minimum absolute atomic E-state index is 0.00336. The Morgan fingerprint density at radius 3 is 2.27 bits per heavy atom. The molecule has 166 valence electrons. The summed E-state index contributed by atoms with van der Waals surface area (Å²) < 4.78 is 0. The number of benzene rings is 1. The summed E-state index contributed by atoms with van der Waals surface area (Å²) in [5, 5.41) is 2.98. The quantitative estimate of drug-likeness (QED) is 0.684. The molecule has 0 radical (unpaired) electrons. The first-order valence-electron chi connectivity index (χ1n) is 11.7. The van der Waals surface area contributed by atoms with Crippen LogP contribution in [0.15, 0.2) is 30.3 Å². The van der Waals surface area contributed by atoms with Gasteiger partial charge in [0.15, 0.2) is 0 Å². The largest absolute Gasteiger partial charge is 0.343 e. The molecule has 2 fully saturated rings. The molecule has 2 aliphatic carbocycles. The van der Waals surface area contributed by atoms with Crippen LogP contribution in [0.1, 0.15) is 65.4 Å². The van der Waals surface area contributed by atoms with Crippen LogP contribution in [0.3, 0.4) is 0 Å². The van der Waals surface area contributed by atoms with Crippen LogP contribution in [0.25, 0.3) is 0 Å². The fourth-order valence-electron chi connectivity index (χ4n) is 5.61. The van der Waals surface area contributed by atoms with E-state index in [1.165, 1.54) is 24.8 Å². The highest BCUT2D eigenvalue weighted by molar-refractivity contribution is 5.90. The highest BCUT2D eigenvalue weighted by atomic mass is 16.2. The first kappa shape index (κ1) is 22.8. The van der Waals surface area contributed by atoms with Crippen molar-refractivity contribution in [3.8, 4) is 0 Å². The Balaban J connectivity index is 1.85. The molecule has 30 heavy (non-hydrogen) atoms. The zero-order chi connectivity index (χ0) is 22.0. The average molecular weight is 414 g/mol. The van der Waals surface area contributed by atoms with Crippen LogP contribution in [0.2, 0.25) is 0 Å². The summed E-state index contributed by atoms with van der Waals surface area (Å²) >= 11 is 0. The lowest BCUT2D eigenvalue weighted by atomic mass is 9.78. The summed E-state index contributed by atoms with van der Waals surface area (Å²) in [4.78, 5) is 28.5. The Morgan fingerprint density at radius 2 is 1.70 bits per heavy atom. The second-order valence-electron chi connectivity index (χ2n) is 9.88. The van der Waals surface area contributed by atoms with Gasteiger partial charge in [-0.05, 0) is 55.4 Å². The fraction of sp³-hybridized carbons (Fsp3) is 0.680. The maximum Gasteiger partial charge on any atom is 0.245 e. The summed E-state index contributed by atoms with van der Waals surface area (Å²) in [7, 11) is 0. The van der Waals surface area contributed by atoms with Crippen molar-refractivity contribution in [2.75, 3.05) is 6.54 Å². The van der Waals surface area contributed by atoms with E-state index in [1.54, 1.807) is 0 Å². The van der Waals surface area contributed by atoms with Crippen molar-refractivity contribution in [3.63, 3.8) is 0 Å². The Hall–Kier alpha value is -1.88. The minimum Gasteiger partial charge on any atom is -0.343 e. The number of carbonyl (C=O) groups is 2. The highest BCUT2D eigenvalue weighted by Crippen LogP contribution is 2.55. The zero-order valence-corrected chi connectivity index (χ0v) is 19.2. The van der Waals surface area contributed by atoms with E-state index < -0.39 is 12.1 Å². The molecule has 3 rings (SSSR count). The number of amides is 2. The van der Waals surface area contributed by atoms with Gasteiger partial charge in [0.2, 0.25) is 11.8 Å². The van der Waals surface area contributed by atoms with Crippen LogP contribution in [-0.4, -0.2) is 41.4 Å². The van der Waals surface area contributed by atoms with E-state index in [4.69, 9.17) is 5.73 Å². The standard InChI is InChI=1S/C25H39N3O2/c1-6-28(25(30)22(16(4)5)27-24(29)21(26)15(2)3)23-19-13-12-18(14-19)20(23)17-10-8-7-9-11-17/h7-11,15-16,18-23H,6,12-14,26H2,1-5H3,(H,27,29)/t18?,19-,20?,21+,22+,23?/m1/s1. The maximum atomic E-state index is 13.8. The van der Waals surface area contributed by atoms with Gasteiger partial charge in [-0.25, -0.2) is 0 Å². The molecule has 3 unspecified atom stereocenters. The topological polar surface area (TPSA) is 75.4 Å². The molecular formula is C25H39N3O2. The number of fused-ring (bicyclic) bond motifs is 2. The number of carbonyl (C=O) groups excluding carboxylic acids is 2. The van der Waals surface area contributed by atoms with Crippen LogP contribution in [0.5, 0.6) is 0 Å². The number of hydrogen-bond donors (Lipinski definition) is 2. The van der Waals surface area contributed by atoms with Crippen molar-refractivity contribution in [2.24, 2.45) is 29.4 Å². The molecule has 1 aromatic rings. The molecule has 1 aromatic carbocycles. The van der Waals surface area contributed by atoms with Gasteiger partial charge < -0.3 is 16.0 Å². The number of nitrogens with one attached hydrogen (secondary N) is 1. The van der Waals surface area contributed by atoms with Gasteiger partial charge in [-0.2, -0.15) is 0 Å². The van der Waals surface area contributed by atoms with E-state index in [2.05, 4.69) is 47.5 Å². The maximum absolute atomic E-state index is 13.8. The zero-order valence-electron chi connectivity index (χ0n) is 19.2. The van der Waals surface area contributed by atoms with Crippen molar-refractivity contribution < 1.29 is 9.59 Å². The predicted octanol–water partition coefficient (Wildman–Crippen LogP) is 3.54. The summed E-state index contributed by atoms with van der Waals surface area (Å²) in [6.45, 7) is 10.6. The Morgan fingerprint density at radius 1 is 1.07 bits per heavy atom. The normalized spacial score (nSPS) is 27.3. The number of rotatable bonds is 8. The van der Waals surface area contributed by atoms with Crippen LogP contribution >= 0.6 is 0 Å². The van der Waals surface area contributed by atoms with Gasteiger partial charge in [0, 0.05) is 18.5 Å². The van der Waals surface area contributed by atoms with E-state index in [9.17, 15) is 9.59 Å². The van der Waals surface area contributed by atoms with Gasteiger partial charge in [0.05, 0.1) is 6.04 Å². The van der Waals surface area contributed by atoms with Crippen molar-refractivity contribution in [1.29, 1.82) is 0 Å². The average Bonchev–Trinajstić information content (AvgIpc) is 3.34. The predicted molar refractivity (Wildman–Crippen MR) is 121 cm³/mol. The second-order valence-corrected chi connectivity index (χ2v) is 9.88. The number of likely N-dealkylation sites (N-methyl/N-ethyl adjacent to an activating group) is 1. The lowest BCUT2D eigenvalue weighted by molar-refractivity contribution is -0.141. The van der Waals surface area contributed by atoms with E-state index >= 15 is 0 Å². The third-order valence-corrected chi connectivity index (χ3v) is 7.29. The van der Waals surface area contributed by atoms with Crippen LogP contribution in [-0.2, 0) is 9.59 Å². The molecule has 2 aliphatic rings.